The van der Waals surface area contributed by atoms with Gasteiger partial charge in [-0.25, -0.2) is 4.79 Å². The Balaban J connectivity index is 2.11. The number of carboxylic acids is 1. The largest absolute Gasteiger partial charge is 0.478 e. The van der Waals surface area contributed by atoms with Crippen molar-refractivity contribution >= 4 is 17.8 Å². The minimum absolute atomic E-state index is 0.132. The summed E-state index contributed by atoms with van der Waals surface area (Å²) in [6, 6.07) is 5.76. The monoisotopic (exact) mass is 291 g/mol. The molecule has 1 aliphatic rings. The highest BCUT2D eigenvalue weighted by molar-refractivity contribution is 5.96. The van der Waals surface area contributed by atoms with Crippen molar-refractivity contribution in [3.05, 3.63) is 35.4 Å². The van der Waals surface area contributed by atoms with Gasteiger partial charge in [-0.2, -0.15) is 0 Å². The Kier molecular flexibility index (Phi) is 3.97. The molecule has 0 aromatic heterocycles. The van der Waals surface area contributed by atoms with E-state index in [1.165, 1.54) is 31.4 Å². The molecule has 1 saturated heterocycles. The lowest BCUT2D eigenvalue weighted by molar-refractivity contribution is -0.150. The molecule has 1 aromatic carbocycles. The molecule has 1 fully saturated rings. The Labute approximate surface area is 122 Å². The minimum atomic E-state index is -1.03. The predicted octanol–water partition coefficient (Wildman–Crippen LogP) is 1.41. The maximum Gasteiger partial charge on any atom is 0.335 e. The van der Waals surface area contributed by atoms with Crippen molar-refractivity contribution in [2.24, 2.45) is 5.41 Å². The lowest BCUT2D eigenvalue weighted by Crippen LogP contribution is -2.35. The average Bonchev–Trinajstić information content (AvgIpc) is 2.89. The zero-order valence-corrected chi connectivity index (χ0v) is 12.0. The number of nitrogens with zero attached hydrogens (tertiary/aromatic N) is 1. The molecule has 1 unspecified atom stereocenters. The van der Waals surface area contributed by atoms with E-state index in [2.05, 4.69) is 0 Å². The molecule has 2 rings (SSSR count). The Bertz CT molecular complexity index is 580. The van der Waals surface area contributed by atoms with Crippen LogP contribution in [0.1, 0.15) is 34.1 Å². The van der Waals surface area contributed by atoms with Crippen molar-refractivity contribution in [3.63, 3.8) is 0 Å². The quantitative estimate of drug-likeness (QED) is 0.851. The van der Waals surface area contributed by atoms with Gasteiger partial charge in [0.25, 0.3) is 5.91 Å². The second kappa shape index (κ2) is 5.55. The standard InChI is InChI=1S/C15H17NO5/c1-15(14(20)21-2)7-8-16(9-15)12(17)10-3-5-11(6-4-10)13(18)19/h3-6H,7-9H2,1-2H3,(H,18,19). The number of amides is 1. The van der Waals surface area contributed by atoms with Crippen molar-refractivity contribution in [1.82, 2.24) is 4.90 Å². The van der Waals surface area contributed by atoms with Gasteiger partial charge in [-0.1, -0.05) is 0 Å². The molecule has 1 amide bonds. The maximum absolute atomic E-state index is 12.4. The molecule has 1 atom stereocenters. The highest BCUT2D eigenvalue weighted by atomic mass is 16.5. The third-order valence-corrected chi connectivity index (χ3v) is 3.82. The number of esters is 1. The summed E-state index contributed by atoms with van der Waals surface area (Å²) < 4.78 is 4.77. The number of aromatic carboxylic acids is 1. The summed E-state index contributed by atoms with van der Waals surface area (Å²) in [6.07, 6.45) is 0.554. The highest BCUT2D eigenvalue weighted by Crippen LogP contribution is 2.32. The minimum Gasteiger partial charge on any atom is -0.478 e. The van der Waals surface area contributed by atoms with Crippen LogP contribution in [0.25, 0.3) is 0 Å². The molecule has 1 aromatic rings. The lowest BCUT2D eigenvalue weighted by atomic mass is 9.90. The molecule has 6 nitrogen and oxygen atoms in total. The Morgan fingerprint density at radius 1 is 1.19 bits per heavy atom. The van der Waals surface area contributed by atoms with Crippen LogP contribution in [0, 0.1) is 5.41 Å². The number of hydrogen-bond acceptors (Lipinski definition) is 4. The van der Waals surface area contributed by atoms with Crippen LogP contribution in [0.2, 0.25) is 0 Å². The summed E-state index contributed by atoms with van der Waals surface area (Å²) in [7, 11) is 1.34. The topological polar surface area (TPSA) is 83.9 Å². The number of ether oxygens (including phenoxy) is 1. The molecule has 0 bridgehead atoms. The van der Waals surface area contributed by atoms with Crippen LogP contribution in [-0.2, 0) is 9.53 Å². The first-order chi connectivity index (χ1) is 9.87. The zero-order valence-electron chi connectivity index (χ0n) is 12.0. The molecule has 0 spiro atoms. The Morgan fingerprint density at radius 3 is 2.29 bits per heavy atom. The molecule has 1 N–H and O–H groups in total. The van der Waals surface area contributed by atoms with Gasteiger partial charge in [0.05, 0.1) is 18.1 Å². The summed E-state index contributed by atoms with van der Waals surface area (Å²) in [5.41, 5.74) is -0.132. The molecule has 0 radical (unpaired) electrons. The fourth-order valence-corrected chi connectivity index (χ4v) is 2.49. The van der Waals surface area contributed by atoms with E-state index in [1.54, 1.807) is 11.8 Å². The number of likely N-dealkylation sites (tertiary alicyclic amines) is 1. The van der Waals surface area contributed by atoms with Crippen molar-refractivity contribution in [2.45, 2.75) is 13.3 Å². The third-order valence-electron chi connectivity index (χ3n) is 3.82. The summed E-state index contributed by atoms with van der Waals surface area (Å²) in [6.45, 7) is 2.56. The van der Waals surface area contributed by atoms with E-state index in [9.17, 15) is 14.4 Å². The van der Waals surface area contributed by atoms with Gasteiger partial charge in [0, 0.05) is 18.7 Å². The molecule has 21 heavy (non-hydrogen) atoms. The first-order valence-electron chi connectivity index (χ1n) is 6.58. The van der Waals surface area contributed by atoms with Gasteiger partial charge in [-0.05, 0) is 37.6 Å². The van der Waals surface area contributed by atoms with E-state index in [-0.39, 0.29) is 17.4 Å². The van der Waals surface area contributed by atoms with Crippen molar-refractivity contribution < 1.29 is 24.2 Å². The van der Waals surface area contributed by atoms with E-state index in [1.807, 2.05) is 0 Å². The highest BCUT2D eigenvalue weighted by Gasteiger charge is 2.43. The van der Waals surface area contributed by atoms with Crippen molar-refractivity contribution in [3.8, 4) is 0 Å². The number of carboxylic acid groups (broad SMARTS) is 1. The summed E-state index contributed by atoms with van der Waals surface area (Å²) in [4.78, 5) is 36.5. The van der Waals surface area contributed by atoms with Gasteiger partial charge >= 0.3 is 11.9 Å². The lowest BCUT2D eigenvalue weighted by Gasteiger charge is -2.21. The molecular weight excluding hydrogens is 274 g/mol. The first kappa shape index (κ1) is 15.0. The maximum atomic E-state index is 12.4. The first-order valence-corrected chi connectivity index (χ1v) is 6.58. The van der Waals surface area contributed by atoms with Crippen LogP contribution in [0.5, 0.6) is 0 Å². The van der Waals surface area contributed by atoms with Gasteiger partial charge in [0.1, 0.15) is 0 Å². The molecule has 112 valence electrons. The van der Waals surface area contributed by atoms with E-state index in [4.69, 9.17) is 9.84 Å². The number of carbonyl (C=O) groups is 3. The van der Waals surface area contributed by atoms with E-state index >= 15 is 0 Å². The fourth-order valence-electron chi connectivity index (χ4n) is 2.49. The molecular formula is C15H17NO5. The number of hydrogen-bond donors (Lipinski definition) is 1. The van der Waals surface area contributed by atoms with Gasteiger partial charge in [0.2, 0.25) is 0 Å². The molecule has 0 aliphatic carbocycles. The number of benzene rings is 1. The van der Waals surface area contributed by atoms with Crippen LogP contribution in [0.4, 0.5) is 0 Å². The zero-order chi connectivity index (χ0) is 15.6. The van der Waals surface area contributed by atoms with Crippen LogP contribution >= 0.6 is 0 Å². The Hall–Kier alpha value is -2.37. The van der Waals surface area contributed by atoms with Crippen LogP contribution < -0.4 is 0 Å². The molecule has 1 heterocycles. The van der Waals surface area contributed by atoms with Crippen molar-refractivity contribution in [2.75, 3.05) is 20.2 Å². The molecule has 1 aliphatic heterocycles. The van der Waals surface area contributed by atoms with Crippen LogP contribution in [0.15, 0.2) is 24.3 Å². The van der Waals surface area contributed by atoms with Gasteiger partial charge < -0.3 is 14.7 Å². The van der Waals surface area contributed by atoms with Crippen molar-refractivity contribution in [1.29, 1.82) is 0 Å². The molecule has 6 heteroatoms. The third kappa shape index (κ3) is 2.89. The summed E-state index contributed by atoms with van der Waals surface area (Å²) >= 11 is 0. The van der Waals surface area contributed by atoms with Gasteiger partial charge in [0.15, 0.2) is 0 Å². The van der Waals surface area contributed by atoms with Gasteiger partial charge in [-0.3, -0.25) is 9.59 Å². The molecule has 0 saturated carbocycles. The Morgan fingerprint density at radius 2 is 1.76 bits per heavy atom. The number of carbonyl (C=O) groups excluding carboxylic acids is 2. The second-order valence-corrected chi connectivity index (χ2v) is 5.41. The van der Waals surface area contributed by atoms with E-state index in [0.29, 0.717) is 25.1 Å². The summed E-state index contributed by atoms with van der Waals surface area (Å²) in [5.74, 6) is -1.56. The second-order valence-electron chi connectivity index (χ2n) is 5.41. The SMILES string of the molecule is COC(=O)C1(C)CCN(C(=O)c2ccc(C(=O)O)cc2)C1. The van der Waals surface area contributed by atoms with Gasteiger partial charge in [-0.15, -0.1) is 0 Å². The smallest absolute Gasteiger partial charge is 0.335 e. The average molecular weight is 291 g/mol. The number of rotatable bonds is 3. The summed E-state index contributed by atoms with van der Waals surface area (Å²) in [5, 5.41) is 8.84. The van der Waals surface area contributed by atoms with E-state index < -0.39 is 11.4 Å². The van der Waals surface area contributed by atoms with Crippen LogP contribution in [-0.4, -0.2) is 48.1 Å². The normalized spacial score (nSPS) is 21.1. The fraction of sp³-hybridized carbons (Fsp3) is 0.400. The predicted molar refractivity (Wildman–Crippen MR) is 74.0 cm³/mol. The van der Waals surface area contributed by atoms with Crippen LogP contribution in [0.3, 0.4) is 0 Å². The number of methoxy groups -OCH3 is 1. The van der Waals surface area contributed by atoms with E-state index in [0.717, 1.165) is 0 Å².